The predicted octanol–water partition coefficient (Wildman–Crippen LogP) is 3.30. The zero-order chi connectivity index (χ0) is 10.9. The normalized spacial score (nSPS) is 10.6. The maximum absolute atomic E-state index is 13.5. The van der Waals surface area contributed by atoms with Gasteiger partial charge >= 0.3 is 5.97 Å². The highest BCUT2D eigenvalue weighted by atomic mass is 35.5. The van der Waals surface area contributed by atoms with Gasteiger partial charge in [-0.2, -0.15) is 0 Å². The molecule has 1 rings (SSSR count). The fourth-order valence-electron chi connectivity index (χ4n) is 1.19. The summed E-state index contributed by atoms with van der Waals surface area (Å²) in [4.78, 5) is 10.7. The van der Waals surface area contributed by atoms with Crippen molar-refractivity contribution in [2.45, 2.75) is 19.8 Å². The SMILES string of the molecule is CC(C)c1cc(Cl)cc(C(=O)O)c1F. The average Bonchev–Trinajstić information content (AvgIpc) is 2.07. The van der Waals surface area contributed by atoms with E-state index in [0.29, 0.717) is 5.56 Å². The van der Waals surface area contributed by atoms with Crippen LogP contribution in [0.1, 0.15) is 35.7 Å². The maximum Gasteiger partial charge on any atom is 0.338 e. The third-order valence-electron chi connectivity index (χ3n) is 1.92. The number of carbonyl (C=O) groups is 1. The average molecular weight is 217 g/mol. The first-order chi connectivity index (χ1) is 6.43. The Balaban J connectivity index is 3.40. The molecule has 2 nitrogen and oxygen atoms in total. The van der Waals surface area contributed by atoms with Gasteiger partial charge in [-0.1, -0.05) is 25.4 Å². The Bertz CT molecular complexity index is 375. The van der Waals surface area contributed by atoms with Gasteiger partial charge in [0.25, 0.3) is 0 Å². The standard InChI is InChI=1S/C10H10ClFO2/c1-5(2)7-3-6(11)4-8(9(7)12)10(13)14/h3-5H,1-2H3,(H,13,14). The van der Waals surface area contributed by atoms with E-state index in [4.69, 9.17) is 16.7 Å². The Morgan fingerprint density at radius 3 is 2.50 bits per heavy atom. The zero-order valence-electron chi connectivity index (χ0n) is 7.84. The third kappa shape index (κ3) is 2.04. The van der Waals surface area contributed by atoms with Crippen molar-refractivity contribution in [3.8, 4) is 0 Å². The molecule has 0 aromatic heterocycles. The molecule has 14 heavy (non-hydrogen) atoms. The van der Waals surface area contributed by atoms with Crippen LogP contribution < -0.4 is 0 Å². The lowest BCUT2D eigenvalue weighted by molar-refractivity contribution is 0.0691. The molecule has 1 aromatic carbocycles. The summed E-state index contributed by atoms with van der Waals surface area (Å²) in [5.74, 6) is -2.09. The lowest BCUT2D eigenvalue weighted by atomic mass is 10.00. The van der Waals surface area contributed by atoms with E-state index in [0.717, 1.165) is 6.07 Å². The highest BCUT2D eigenvalue weighted by molar-refractivity contribution is 6.31. The van der Waals surface area contributed by atoms with Gasteiger partial charge < -0.3 is 5.11 Å². The first kappa shape index (κ1) is 11.0. The van der Waals surface area contributed by atoms with E-state index in [2.05, 4.69) is 0 Å². The lowest BCUT2D eigenvalue weighted by Gasteiger charge is -2.09. The summed E-state index contributed by atoms with van der Waals surface area (Å²) in [5, 5.41) is 8.94. The van der Waals surface area contributed by atoms with Crippen LogP contribution in [0.5, 0.6) is 0 Å². The highest BCUT2D eigenvalue weighted by Gasteiger charge is 2.17. The molecule has 1 N–H and O–H groups in total. The van der Waals surface area contributed by atoms with Crippen molar-refractivity contribution in [1.82, 2.24) is 0 Å². The molecule has 76 valence electrons. The van der Waals surface area contributed by atoms with Crippen molar-refractivity contribution in [1.29, 1.82) is 0 Å². The van der Waals surface area contributed by atoms with Gasteiger partial charge in [0, 0.05) is 5.02 Å². The van der Waals surface area contributed by atoms with Crippen LogP contribution in [-0.2, 0) is 0 Å². The minimum Gasteiger partial charge on any atom is -0.478 e. The second-order valence-electron chi connectivity index (χ2n) is 3.32. The van der Waals surface area contributed by atoms with Crippen molar-refractivity contribution in [3.05, 3.63) is 34.1 Å². The van der Waals surface area contributed by atoms with Crippen LogP contribution in [0.2, 0.25) is 5.02 Å². The number of rotatable bonds is 2. The van der Waals surface area contributed by atoms with Crippen molar-refractivity contribution in [2.24, 2.45) is 0 Å². The molecule has 4 heteroatoms. The summed E-state index contributed by atoms with van der Waals surface area (Å²) in [6.45, 7) is 3.56. The summed E-state index contributed by atoms with van der Waals surface area (Å²) in [7, 11) is 0. The van der Waals surface area contributed by atoms with Crippen LogP contribution in [0.15, 0.2) is 12.1 Å². The number of hydrogen-bond acceptors (Lipinski definition) is 1. The summed E-state index contributed by atoms with van der Waals surface area (Å²) >= 11 is 5.68. The Morgan fingerprint density at radius 1 is 1.50 bits per heavy atom. The van der Waals surface area contributed by atoms with Gasteiger partial charge in [0.1, 0.15) is 5.82 Å². The van der Waals surface area contributed by atoms with Crippen LogP contribution >= 0.6 is 11.6 Å². The van der Waals surface area contributed by atoms with Crippen LogP contribution in [0.3, 0.4) is 0 Å². The Kier molecular flexibility index (Phi) is 3.11. The van der Waals surface area contributed by atoms with Gasteiger partial charge in [-0.25, -0.2) is 9.18 Å². The fraction of sp³-hybridized carbons (Fsp3) is 0.300. The van der Waals surface area contributed by atoms with Gasteiger partial charge in [-0.15, -0.1) is 0 Å². The van der Waals surface area contributed by atoms with Crippen molar-refractivity contribution in [3.63, 3.8) is 0 Å². The molecule has 0 amide bonds. The largest absolute Gasteiger partial charge is 0.478 e. The molecule has 0 aliphatic heterocycles. The van der Waals surface area contributed by atoms with Gasteiger partial charge in [0.15, 0.2) is 0 Å². The summed E-state index contributed by atoms with van der Waals surface area (Å²) in [6, 6.07) is 2.57. The molecule has 0 atom stereocenters. The minimum absolute atomic E-state index is 0.0909. The second kappa shape index (κ2) is 3.96. The zero-order valence-corrected chi connectivity index (χ0v) is 8.60. The van der Waals surface area contributed by atoms with Gasteiger partial charge in [-0.05, 0) is 23.6 Å². The molecule has 0 unspecified atom stereocenters. The van der Waals surface area contributed by atoms with Gasteiger partial charge in [-0.3, -0.25) is 0 Å². The summed E-state index contributed by atoms with van der Waals surface area (Å²) in [5.41, 5.74) is -0.0453. The quantitative estimate of drug-likeness (QED) is 0.824. The van der Waals surface area contributed by atoms with E-state index in [1.54, 1.807) is 13.8 Å². The van der Waals surface area contributed by atoms with Crippen LogP contribution in [0.4, 0.5) is 4.39 Å². The molecule has 0 radical (unpaired) electrons. The fourth-order valence-corrected chi connectivity index (χ4v) is 1.41. The summed E-state index contributed by atoms with van der Waals surface area (Å²) in [6.07, 6.45) is 0. The molecule has 0 saturated heterocycles. The number of halogens is 2. The molecule has 0 spiro atoms. The van der Waals surface area contributed by atoms with E-state index in [1.807, 2.05) is 0 Å². The summed E-state index contributed by atoms with van der Waals surface area (Å²) < 4.78 is 13.5. The second-order valence-corrected chi connectivity index (χ2v) is 3.75. The third-order valence-corrected chi connectivity index (χ3v) is 2.14. The van der Waals surface area contributed by atoms with Crippen LogP contribution in [0, 0.1) is 5.82 Å². The Hall–Kier alpha value is -1.09. The van der Waals surface area contributed by atoms with Crippen molar-refractivity contribution >= 4 is 17.6 Å². The number of benzene rings is 1. The topological polar surface area (TPSA) is 37.3 Å². The number of carboxylic acids is 1. The monoisotopic (exact) mass is 216 g/mol. The number of carboxylic acid groups (broad SMARTS) is 1. The van der Waals surface area contributed by atoms with E-state index in [1.165, 1.54) is 6.07 Å². The molecule has 0 aliphatic rings. The van der Waals surface area contributed by atoms with E-state index >= 15 is 0 Å². The van der Waals surface area contributed by atoms with E-state index in [9.17, 15) is 9.18 Å². The molecule has 1 aromatic rings. The predicted molar refractivity (Wildman–Crippen MR) is 52.5 cm³/mol. The molecular weight excluding hydrogens is 207 g/mol. The first-order valence-corrected chi connectivity index (χ1v) is 4.53. The minimum atomic E-state index is -1.30. The molecule has 0 fully saturated rings. The smallest absolute Gasteiger partial charge is 0.338 e. The van der Waals surface area contributed by atoms with Crippen LogP contribution in [0.25, 0.3) is 0 Å². The first-order valence-electron chi connectivity index (χ1n) is 4.15. The highest BCUT2D eigenvalue weighted by Crippen LogP contribution is 2.25. The van der Waals surface area contributed by atoms with E-state index < -0.39 is 11.8 Å². The molecular formula is C10H10ClFO2. The van der Waals surface area contributed by atoms with Gasteiger partial charge in [0.2, 0.25) is 0 Å². The number of aromatic carboxylic acids is 1. The van der Waals surface area contributed by atoms with Gasteiger partial charge in [0.05, 0.1) is 5.56 Å². The molecule has 0 saturated carbocycles. The lowest BCUT2D eigenvalue weighted by Crippen LogP contribution is -2.05. The molecule has 0 bridgehead atoms. The molecule has 0 aliphatic carbocycles. The van der Waals surface area contributed by atoms with Crippen LogP contribution in [-0.4, -0.2) is 11.1 Å². The number of hydrogen-bond donors (Lipinski definition) is 1. The Morgan fingerprint density at radius 2 is 2.07 bits per heavy atom. The van der Waals surface area contributed by atoms with Crippen molar-refractivity contribution in [2.75, 3.05) is 0 Å². The molecule has 0 heterocycles. The van der Waals surface area contributed by atoms with E-state index in [-0.39, 0.29) is 16.5 Å². The maximum atomic E-state index is 13.5. The van der Waals surface area contributed by atoms with Crippen molar-refractivity contribution < 1.29 is 14.3 Å². The Labute approximate surface area is 86.3 Å².